The Morgan fingerprint density at radius 1 is 1.12 bits per heavy atom. The van der Waals surface area contributed by atoms with Crippen LogP contribution in [0.25, 0.3) is 0 Å². The molecule has 0 spiro atoms. The van der Waals surface area contributed by atoms with Crippen LogP contribution in [0.1, 0.15) is 38.4 Å². The largest absolute Gasteiger partial charge is 0.493 e. The Morgan fingerprint density at radius 3 is 2.65 bits per heavy atom. The minimum atomic E-state index is 0.562. The van der Waals surface area contributed by atoms with E-state index in [9.17, 15) is 0 Å². The molecule has 1 fully saturated rings. The van der Waals surface area contributed by atoms with E-state index in [0.717, 1.165) is 36.1 Å². The van der Waals surface area contributed by atoms with Crippen LogP contribution in [0.2, 0.25) is 0 Å². The fourth-order valence-electron chi connectivity index (χ4n) is 3.55. The minimum absolute atomic E-state index is 0.562. The summed E-state index contributed by atoms with van der Waals surface area (Å²) in [5.41, 5.74) is 0.900. The van der Waals surface area contributed by atoms with Gasteiger partial charge in [-0.3, -0.25) is 0 Å². The summed E-state index contributed by atoms with van der Waals surface area (Å²) in [7, 11) is 3.27. The predicted octanol–water partition coefficient (Wildman–Crippen LogP) is 4.31. The fourth-order valence-corrected chi connectivity index (χ4v) is 3.55. The summed E-state index contributed by atoms with van der Waals surface area (Å²) in [6, 6.07) is 8.35. The normalized spacial score (nSPS) is 17.1. The van der Waals surface area contributed by atoms with Gasteiger partial charge >= 0.3 is 0 Å². The van der Waals surface area contributed by atoms with Gasteiger partial charge in [-0.05, 0) is 44.7 Å². The Morgan fingerprint density at radius 2 is 1.92 bits per heavy atom. The second-order valence-electron chi connectivity index (χ2n) is 6.60. The minimum Gasteiger partial charge on any atom is -0.493 e. The molecule has 1 aromatic heterocycles. The molecule has 0 aliphatic carbocycles. The van der Waals surface area contributed by atoms with Gasteiger partial charge in [-0.25, -0.2) is 9.97 Å². The molecule has 0 bridgehead atoms. The van der Waals surface area contributed by atoms with Gasteiger partial charge in [0.2, 0.25) is 0 Å². The molecule has 6 heteroatoms. The number of aromatic nitrogens is 2. The summed E-state index contributed by atoms with van der Waals surface area (Å²) in [4.78, 5) is 11.7. The highest BCUT2D eigenvalue weighted by Gasteiger charge is 2.22. The Hall–Kier alpha value is -2.50. The Balaban J connectivity index is 1.86. The van der Waals surface area contributed by atoms with E-state index in [2.05, 4.69) is 27.1 Å². The van der Waals surface area contributed by atoms with Crippen LogP contribution in [0, 0.1) is 6.92 Å². The zero-order valence-electron chi connectivity index (χ0n) is 16.1. The van der Waals surface area contributed by atoms with Crippen molar-refractivity contribution in [2.24, 2.45) is 0 Å². The lowest BCUT2D eigenvalue weighted by molar-refractivity contribution is 0.355. The fraction of sp³-hybridized carbons (Fsp3) is 0.500. The summed E-state index contributed by atoms with van der Waals surface area (Å²) < 4.78 is 10.7. The predicted molar refractivity (Wildman–Crippen MR) is 105 cm³/mol. The molecule has 0 radical (unpaired) electrons. The second kappa shape index (κ2) is 8.25. The number of methoxy groups -OCH3 is 2. The van der Waals surface area contributed by atoms with Crippen molar-refractivity contribution in [1.82, 2.24) is 9.97 Å². The lowest BCUT2D eigenvalue weighted by Crippen LogP contribution is -2.39. The molecule has 2 aromatic rings. The highest BCUT2D eigenvalue weighted by Crippen LogP contribution is 2.32. The topological polar surface area (TPSA) is 59.5 Å². The summed E-state index contributed by atoms with van der Waals surface area (Å²) in [6.45, 7) is 5.25. The van der Waals surface area contributed by atoms with Gasteiger partial charge in [0.15, 0.2) is 11.5 Å². The van der Waals surface area contributed by atoms with E-state index in [4.69, 9.17) is 9.47 Å². The molecule has 1 aliphatic heterocycles. The first kappa shape index (κ1) is 18.3. The van der Waals surface area contributed by atoms with E-state index >= 15 is 0 Å². The van der Waals surface area contributed by atoms with E-state index in [1.807, 2.05) is 31.2 Å². The van der Waals surface area contributed by atoms with Crippen LogP contribution in [-0.2, 0) is 0 Å². The van der Waals surface area contributed by atoms with Gasteiger partial charge in [-0.2, -0.15) is 0 Å². The number of hydrogen-bond donors (Lipinski definition) is 1. The number of benzene rings is 1. The van der Waals surface area contributed by atoms with Gasteiger partial charge in [0, 0.05) is 30.4 Å². The van der Waals surface area contributed by atoms with Crippen molar-refractivity contribution in [2.45, 2.75) is 45.6 Å². The highest BCUT2D eigenvalue weighted by atomic mass is 16.5. The molecule has 1 aliphatic rings. The van der Waals surface area contributed by atoms with Crippen LogP contribution in [0.15, 0.2) is 24.3 Å². The highest BCUT2D eigenvalue weighted by molar-refractivity contribution is 5.63. The first-order valence-electron chi connectivity index (χ1n) is 9.26. The van der Waals surface area contributed by atoms with E-state index in [1.54, 1.807) is 14.2 Å². The van der Waals surface area contributed by atoms with Crippen LogP contribution in [-0.4, -0.2) is 36.8 Å². The SMILES string of the molecule is CCC1CCCCN1c1cc(Nc2ccc(OC)c(OC)c2)nc(C)n1. The number of anilines is 3. The number of ether oxygens (including phenoxy) is 2. The molecule has 1 N–H and O–H groups in total. The average Bonchev–Trinajstić information content (AvgIpc) is 2.67. The van der Waals surface area contributed by atoms with Crippen LogP contribution >= 0.6 is 0 Å². The Labute approximate surface area is 155 Å². The van der Waals surface area contributed by atoms with Crippen LogP contribution in [0.3, 0.4) is 0 Å². The average molecular weight is 356 g/mol. The van der Waals surface area contributed by atoms with E-state index in [1.165, 1.54) is 19.3 Å². The molecule has 6 nitrogen and oxygen atoms in total. The molecule has 1 atom stereocenters. The van der Waals surface area contributed by atoms with E-state index in [0.29, 0.717) is 17.5 Å². The third kappa shape index (κ3) is 4.00. The maximum atomic E-state index is 5.38. The molecule has 1 aromatic carbocycles. The lowest BCUT2D eigenvalue weighted by Gasteiger charge is -2.36. The second-order valence-corrected chi connectivity index (χ2v) is 6.60. The molecular weight excluding hydrogens is 328 g/mol. The molecule has 1 saturated heterocycles. The third-order valence-corrected chi connectivity index (χ3v) is 4.87. The number of rotatable bonds is 6. The first-order chi connectivity index (χ1) is 12.6. The number of nitrogens with one attached hydrogen (secondary N) is 1. The van der Waals surface area contributed by atoms with E-state index in [-0.39, 0.29) is 0 Å². The number of nitrogens with zero attached hydrogens (tertiary/aromatic N) is 3. The van der Waals surface area contributed by atoms with Crippen molar-refractivity contribution in [2.75, 3.05) is 31.0 Å². The number of hydrogen-bond acceptors (Lipinski definition) is 6. The molecule has 26 heavy (non-hydrogen) atoms. The Kier molecular flexibility index (Phi) is 5.81. The Bertz CT molecular complexity index is 751. The lowest BCUT2D eigenvalue weighted by atomic mass is 10.00. The molecule has 0 amide bonds. The molecule has 1 unspecified atom stereocenters. The smallest absolute Gasteiger partial charge is 0.162 e. The maximum Gasteiger partial charge on any atom is 0.162 e. The molecular formula is C20H28N4O2. The summed E-state index contributed by atoms with van der Waals surface area (Å²) in [6.07, 6.45) is 4.90. The molecule has 2 heterocycles. The van der Waals surface area contributed by atoms with E-state index < -0.39 is 0 Å². The standard InChI is InChI=1S/C20H28N4O2/c1-5-16-8-6-7-11-24(16)20-13-19(21-14(2)22-20)23-15-9-10-17(25-3)18(12-15)26-4/h9-10,12-13,16H,5-8,11H2,1-4H3,(H,21,22,23). The third-order valence-electron chi connectivity index (χ3n) is 4.87. The van der Waals surface area contributed by atoms with Crippen molar-refractivity contribution in [1.29, 1.82) is 0 Å². The van der Waals surface area contributed by atoms with Crippen LogP contribution in [0.4, 0.5) is 17.3 Å². The summed E-state index contributed by atoms with van der Waals surface area (Å²) in [5.74, 6) is 3.96. The first-order valence-corrected chi connectivity index (χ1v) is 9.26. The van der Waals surface area contributed by atoms with Crippen molar-refractivity contribution in [3.05, 3.63) is 30.1 Å². The van der Waals surface area contributed by atoms with Gasteiger partial charge in [0.05, 0.1) is 14.2 Å². The van der Waals surface area contributed by atoms with Crippen LogP contribution in [0.5, 0.6) is 11.5 Å². The van der Waals surface area contributed by atoms with Gasteiger partial charge in [0.1, 0.15) is 17.5 Å². The molecule has 3 rings (SSSR count). The summed E-state index contributed by atoms with van der Waals surface area (Å²) >= 11 is 0. The number of piperidine rings is 1. The van der Waals surface area contributed by atoms with Gasteiger partial charge in [-0.1, -0.05) is 6.92 Å². The zero-order chi connectivity index (χ0) is 18.5. The number of aryl methyl sites for hydroxylation is 1. The van der Waals surface area contributed by atoms with Gasteiger partial charge in [0.25, 0.3) is 0 Å². The quantitative estimate of drug-likeness (QED) is 0.832. The molecule has 0 saturated carbocycles. The van der Waals surface area contributed by atoms with Gasteiger partial charge < -0.3 is 19.7 Å². The van der Waals surface area contributed by atoms with Crippen molar-refractivity contribution < 1.29 is 9.47 Å². The van der Waals surface area contributed by atoms with Crippen molar-refractivity contribution in [3.8, 4) is 11.5 Å². The molecule has 140 valence electrons. The van der Waals surface area contributed by atoms with Crippen LogP contribution < -0.4 is 19.7 Å². The van der Waals surface area contributed by atoms with Crippen molar-refractivity contribution >= 4 is 17.3 Å². The monoisotopic (exact) mass is 356 g/mol. The zero-order valence-corrected chi connectivity index (χ0v) is 16.1. The van der Waals surface area contributed by atoms with Crippen molar-refractivity contribution in [3.63, 3.8) is 0 Å². The summed E-state index contributed by atoms with van der Waals surface area (Å²) in [5, 5.41) is 3.37. The van der Waals surface area contributed by atoms with Gasteiger partial charge in [-0.15, -0.1) is 0 Å². The maximum absolute atomic E-state index is 5.38.